The van der Waals surface area contributed by atoms with Gasteiger partial charge in [0.2, 0.25) is 0 Å². The number of halogens is 1. The van der Waals surface area contributed by atoms with Crippen LogP contribution < -0.4 is 0 Å². The summed E-state index contributed by atoms with van der Waals surface area (Å²) in [6.45, 7) is 1.56. The molecular weight excluding hydrogens is 184 g/mol. The quantitative estimate of drug-likeness (QED) is 0.629. The molecule has 2 rings (SSSR count). The smallest absolute Gasteiger partial charge is 0.155 e. The summed E-state index contributed by atoms with van der Waals surface area (Å²) < 4.78 is 0. The van der Waals surface area contributed by atoms with Crippen LogP contribution in [0, 0.1) is 0 Å². The Kier molecular flexibility index (Phi) is 1.92. The maximum Gasteiger partial charge on any atom is 0.155 e. The van der Waals surface area contributed by atoms with Crippen LogP contribution in [0.4, 0.5) is 0 Å². The van der Waals surface area contributed by atoms with Crippen molar-refractivity contribution in [3.8, 4) is 0 Å². The highest BCUT2D eigenvalue weighted by Gasteiger charge is 2.40. The van der Waals surface area contributed by atoms with Gasteiger partial charge in [0, 0.05) is 0 Å². The van der Waals surface area contributed by atoms with E-state index in [-0.39, 0.29) is 5.78 Å². The molecule has 0 saturated heterocycles. The Hall–Kier alpha value is -0.820. The normalized spacial score (nSPS) is 25.7. The van der Waals surface area contributed by atoms with E-state index in [9.17, 15) is 4.79 Å². The predicted octanol–water partition coefficient (Wildman–Crippen LogP) is 2.66. The molecule has 13 heavy (non-hydrogen) atoms. The maximum absolute atomic E-state index is 11.4. The van der Waals surface area contributed by atoms with E-state index < -0.39 is 4.87 Å². The molecule has 0 bridgehead atoms. The van der Waals surface area contributed by atoms with E-state index in [2.05, 4.69) is 0 Å². The number of Topliss-reactive ketones (excluding diaryl/α,β-unsaturated/α-hetero) is 1. The fourth-order valence-corrected chi connectivity index (χ4v) is 2.21. The summed E-state index contributed by atoms with van der Waals surface area (Å²) in [5, 5.41) is 0. The average Bonchev–Trinajstić information content (AvgIpc) is 2.47. The molecule has 0 amide bonds. The number of carbonyl (C=O) groups is 1. The van der Waals surface area contributed by atoms with Crippen LogP contribution in [0.25, 0.3) is 0 Å². The number of aryl methyl sites for hydroxylation is 1. The average molecular weight is 195 g/mol. The molecule has 0 spiro atoms. The van der Waals surface area contributed by atoms with Gasteiger partial charge in [-0.1, -0.05) is 24.3 Å². The molecule has 68 valence electrons. The lowest BCUT2D eigenvalue weighted by Gasteiger charge is -2.18. The zero-order chi connectivity index (χ0) is 9.47. The number of carbonyl (C=O) groups excluding carboxylic acids is 1. The van der Waals surface area contributed by atoms with Gasteiger partial charge in [0.05, 0.1) is 0 Å². The molecule has 0 saturated carbocycles. The molecule has 0 radical (unpaired) electrons. The van der Waals surface area contributed by atoms with Crippen molar-refractivity contribution in [1.82, 2.24) is 0 Å². The number of rotatable bonds is 1. The Morgan fingerprint density at radius 3 is 2.85 bits per heavy atom. The summed E-state index contributed by atoms with van der Waals surface area (Å²) in [5.74, 6) is 0.0547. The monoisotopic (exact) mass is 194 g/mol. The van der Waals surface area contributed by atoms with Crippen molar-refractivity contribution in [1.29, 1.82) is 0 Å². The highest BCUT2D eigenvalue weighted by molar-refractivity contribution is 6.35. The molecule has 2 heteroatoms. The Labute approximate surface area is 82.7 Å². The van der Waals surface area contributed by atoms with Gasteiger partial charge < -0.3 is 0 Å². The number of ketones is 1. The van der Waals surface area contributed by atoms with Gasteiger partial charge in [0.25, 0.3) is 0 Å². The Bertz CT molecular complexity index is 359. The first-order valence-electron chi connectivity index (χ1n) is 4.43. The minimum Gasteiger partial charge on any atom is -0.298 e. The second kappa shape index (κ2) is 2.85. The number of fused-ring (bicyclic) bond motifs is 1. The molecule has 0 aromatic heterocycles. The number of benzene rings is 1. The Balaban J connectivity index is 2.55. The Morgan fingerprint density at radius 1 is 1.46 bits per heavy atom. The van der Waals surface area contributed by atoms with Crippen LogP contribution in [-0.4, -0.2) is 5.78 Å². The SMILES string of the molecule is CC(=O)C1(Cl)CCc2ccccc21. The fraction of sp³-hybridized carbons (Fsp3) is 0.364. The third kappa shape index (κ3) is 1.19. The first kappa shape index (κ1) is 8.76. The van der Waals surface area contributed by atoms with Gasteiger partial charge in [-0.15, -0.1) is 11.6 Å². The molecule has 0 N–H and O–H groups in total. The summed E-state index contributed by atoms with van der Waals surface area (Å²) in [7, 11) is 0. The third-order valence-corrected chi connectivity index (χ3v) is 3.40. The van der Waals surface area contributed by atoms with E-state index in [0.29, 0.717) is 0 Å². The minimum absolute atomic E-state index is 0.0547. The summed E-state index contributed by atoms with van der Waals surface area (Å²) in [6.07, 6.45) is 1.66. The van der Waals surface area contributed by atoms with Crippen LogP contribution >= 0.6 is 11.6 Å². The van der Waals surface area contributed by atoms with Crippen LogP contribution in [0.1, 0.15) is 24.5 Å². The first-order chi connectivity index (χ1) is 6.14. The first-order valence-corrected chi connectivity index (χ1v) is 4.81. The summed E-state index contributed by atoms with van der Waals surface area (Å²) in [4.78, 5) is 10.7. The zero-order valence-electron chi connectivity index (χ0n) is 7.51. The molecule has 1 atom stereocenters. The third-order valence-electron chi connectivity index (χ3n) is 2.74. The minimum atomic E-state index is -0.739. The second-order valence-electron chi connectivity index (χ2n) is 3.51. The van der Waals surface area contributed by atoms with Crippen molar-refractivity contribution in [2.75, 3.05) is 0 Å². The van der Waals surface area contributed by atoms with Crippen LogP contribution in [0.3, 0.4) is 0 Å². The van der Waals surface area contributed by atoms with Crippen LogP contribution in [-0.2, 0) is 16.1 Å². The van der Waals surface area contributed by atoms with Gasteiger partial charge in [-0.3, -0.25) is 4.79 Å². The van der Waals surface area contributed by atoms with Gasteiger partial charge in [-0.05, 0) is 30.9 Å². The molecule has 1 aliphatic rings. The second-order valence-corrected chi connectivity index (χ2v) is 4.16. The molecule has 0 heterocycles. The van der Waals surface area contributed by atoms with Gasteiger partial charge in [0.1, 0.15) is 4.87 Å². The van der Waals surface area contributed by atoms with Gasteiger partial charge in [0.15, 0.2) is 5.78 Å². The topological polar surface area (TPSA) is 17.1 Å². The van der Waals surface area contributed by atoms with Crippen LogP contribution in [0.5, 0.6) is 0 Å². The van der Waals surface area contributed by atoms with Gasteiger partial charge in [-0.2, -0.15) is 0 Å². The summed E-state index contributed by atoms with van der Waals surface area (Å²) >= 11 is 6.29. The van der Waals surface area contributed by atoms with Crippen molar-refractivity contribution in [3.63, 3.8) is 0 Å². The van der Waals surface area contributed by atoms with E-state index in [1.54, 1.807) is 6.92 Å². The lowest BCUT2D eigenvalue weighted by Crippen LogP contribution is -2.24. The van der Waals surface area contributed by atoms with E-state index in [1.165, 1.54) is 5.56 Å². The Morgan fingerprint density at radius 2 is 2.15 bits per heavy atom. The maximum atomic E-state index is 11.4. The van der Waals surface area contributed by atoms with Crippen molar-refractivity contribution < 1.29 is 4.79 Å². The zero-order valence-corrected chi connectivity index (χ0v) is 8.27. The van der Waals surface area contributed by atoms with Gasteiger partial charge in [-0.25, -0.2) is 0 Å². The van der Waals surface area contributed by atoms with E-state index in [0.717, 1.165) is 18.4 Å². The summed E-state index contributed by atoms with van der Waals surface area (Å²) in [6, 6.07) is 7.92. The molecule has 1 aliphatic carbocycles. The highest BCUT2D eigenvalue weighted by atomic mass is 35.5. The lowest BCUT2D eigenvalue weighted by molar-refractivity contribution is -0.119. The van der Waals surface area contributed by atoms with Crippen LogP contribution in [0.15, 0.2) is 24.3 Å². The fourth-order valence-electron chi connectivity index (χ4n) is 1.93. The van der Waals surface area contributed by atoms with Gasteiger partial charge >= 0.3 is 0 Å². The number of alkyl halides is 1. The van der Waals surface area contributed by atoms with E-state index in [1.807, 2.05) is 24.3 Å². The molecule has 0 aliphatic heterocycles. The lowest BCUT2D eigenvalue weighted by atomic mass is 9.97. The van der Waals surface area contributed by atoms with Crippen molar-refractivity contribution in [2.24, 2.45) is 0 Å². The van der Waals surface area contributed by atoms with E-state index >= 15 is 0 Å². The molecule has 1 aromatic rings. The molecule has 1 aromatic carbocycles. The molecule has 1 unspecified atom stereocenters. The molecular formula is C11H11ClO. The summed E-state index contributed by atoms with van der Waals surface area (Å²) in [5.41, 5.74) is 2.22. The molecule has 0 fully saturated rings. The van der Waals surface area contributed by atoms with Crippen molar-refractivity contribution >= 4 is 17.4 Å². The van der Waals surface area contributed by atoms with Crippen LogP contribution in [0.2, 0.25) is 0 Å². The van der Waals surface area contributed by atoms with E-state index in [4.69, 9.17) is 11.6 Å². The van der Waals surface area contributed by atoms with Crippen molar-refractivity contribution in [2.45, 2.75) is 24.6 Å². The predicted molar refractivity (Wildman–Crippen MR) is 53.0 cm³/mol. The highest BCUT2D eigenvalue weighted by Crippen LogP contribution is 2.42. The van der Waals surface area contributed by atoms with Crippen molar-refractivity contribution in [3.05, 3.63) is 35.4 Å². The standard InChI is InChI=1S/C11H11ClO/c1-8(13)11(12)7-6-9-4-2-3-5-10(9)11/h2-5H,6-7H2,1H3. The molecule has 1 nitrogen and oxygen atoms in total. The number of hydrogen-bond acceptors (Lipinski definition) is 1. The largest absolute Gasteiger partial charge is 0.298 e. The number of hydrogen-bond donors (Lipinski definition) is 0.